The molecule has 1 aromatic rings. The van der Waals surface area contributed by atoms with E-state index in [-0.39, 0.29) is 5.41 Å². The molecule has 1 N–H and O–H groups in total. The second-order valence-corrected chi connectivity index (χ2v) is 5.75. The Labute approximate surface area is 103 Å². The van der Waals surface area contributed by atoms with Crippen LogP contribution < -0.4 is 5.32 Å². The summed E-state index contributed by atoms with van der Waals surface area (Å²) < 4.78 is 0. The molecule has 1 atom stereocenters. The number of piperazine rings is 1. The van der Waals surface area contributed by atoms with Crippen LogP contribution in [-0.4, -0.2) is 41.5 Å². The lowest BCUT2D eigenvalue weighted by molar-refractivity contribution is 0.193. The van der Waals surface area contributed by atoms with Crippen molar-refractivity contribution in [1.82, 2.24) is 20.2 Å². The maximum absolute atomic E-state index is 4.73. The number of nitrogens with zero attached hydrogens (tertiary/aromatic N) is 3. The summed E-state index contributed by atoms with van der Waals surface area (Å²) >= 11 is 0. The number of hydrogen-bond donors (Lipinski definition) is 1. The van der Waals surface area contributed by atoms with Crippen molar-refractivity contribution in [1.29, 1.82) is 0 Å². The van der Waals surface area contributed by atoms with E-state index in [0.717, 1.165) is 31.2 Å². The van der Waals surface area contributed by atoms with E-state index in [0.29, 0.717) is 6.04 Å². The van der Waals surface area contributed by atoms with Gasteiger partial charge < -0.3 is 5.32 Å². The van der Waals surface area contributed by atoms with E-state index >= 15 is 0 Å². The van der Waals surface area contributed by atoms with E-state index in [4.69, 9.17) is 4.98 Å². The molecule has 94 valence electrons. The minimum absolute atomic E-state index is 0.0817. The first kappa shape index (κ1) is 12.5. The van der Waals surface area contributed by atoms with Gasteiger partial charge in [0.15, 0.2) is 0 Å². The third kappa shape index (κ3) is 2.82. The van der Waals surface area contributed by atoms with Gasteiger partial charge in [0.25, 0.3) is 0 Å². The molecular weight excluding hydrogens is 212 g/mol. The smallest absolute Gasteiger partial charge is 0.146 e. The number of nitrogens with one attached hydrogen (secondary N) is 1. The summed E-state index contributed by atoms with van der Waals surface area (Å²) in [5.41, 5.74) is 1.19. The summed E-state index contributed by atoms with van der Waals surface area (Å²) in [6.45, 7) is 9.58. The first-order chi connectivity index (χ1) is 7.98. The molecule has 1 unspecified atom stereocenters. The maximum Gasteiger partial charge on any atom is 0.146 e. The molecule has 2 rings (SSSR count). The van der Waals surface area contributed by atoms with Gasteiger partial charge in [-0.05, 0) is 13.1 Å². The Morgan fingerprint density at radius 3 is 2.82 bits per heavy atom. The van der Waals surface area contributed by atoms with Gasteiger partial charge in [0.2, 0.25) is 0 Å². The van der Waals surface area contributed by atoms with Crippen molar-refractivity contribution in [3.63, 3.8) is 0 Å². The number of aromatic nitrogens is 2. The van der Waals surface area contributed by atoms with Crippen LogP contribution in [0.3, 0.4) is 0 Å². The summed E-state index contributed by atoms with van der Waals surface area (Å²) in [5.74, 6) is 0.937. The van der Waals surface area contributed by atoms with E-state index in [1.165, 1.54) is 0 Å². The molecule has 1 aromatic heterocycles. The Hall–Kier alpha value is -1.00. The van der Waals surface area contributed by atoms with E-state index in [1.807, 2.05) is 12.3 Å². The average molecular weight is 234 g/mol. The monoisotopic (exact) mass is 234 g/mol. The molecule has 1 saturated heterocycles. The van der Waals surface area contributed by atoms with Crippen LogP contribution in [0.25, 0.3) is 0 Å². The Kier molecular flexibility index (Phi) is 3.45. The molecule has 0 aliphatic carbocycles. The van der Waals surface area contributed by atoms with Crippen LogP contribution in [0.15, 0.2) is 12.3 Å². The SMILES string of the molecule is CN1CCNCC1c1nccc(C(C)(C)C)n1. The largest absolute Gasteiger partial charge is 0.313 e. The van der Waals surface area contributed by atoms with Crippen molar-refractivity contribution in [3.05, 3.63) is 23.8 Å². The summed E-state index contributed by atoms with van der Waals surface area (Å²) in [4.78, 5) is 11.5. The van der Waals surface area contributed by atoms with Gasteiger partial charge in [-0.3, -0.25) is 4.90 Å². The molecule has 17 heavy (non-hydrogen) atoms. The molecule has 1 fully saturated rings. The first-order valence-corrected chi connectivity index (χ1v) is 6.23. The molecule has 0 amide bonds. The zero-order valence-corrected chi connectivity index (χ0v) is 11.2. The highest BCUT2D eigenvalue weighted by Gasteiger charge is 2.24. The lowest BCUT2D eigenvalue weighted by Crippen LogP contribution is -2.44. The highest BCUT2D eigenvalue weighted by Crippen LogP contribution is 2.22. The van der Waals surface area contributed by atoms with E-state index < -0.39 is 0 Å². The average Bonchev–Trinajstić information content (AvgIpc) is 2.29. The summed E-state index contributed by atoms with van der Waals surface area (Å²) in [6.07, 6.45) is 1.88. The van der Waals surface area contributed by atoms with Gasteiger partial charge in [0.1, 0.15) is 5.82 Å². The Bertz CT molecular complexity index is 383. The number of rotatable bonds is 1. The van der Waals surface area contributed by atoms with E-state index in [9.17, 15) is 0 Å². The van der Waals surface area contributed by atoms with Crippen LogP contribution in [0.5, 0.6) is 0 Å². The molecule has 4 nitrogen and oxygen atoms in total. The number of hydrogen-bond acceptors (Lipinski definition) is 4. The van der Waals surface area contributed by atoms with Gasteiger partial charge in [0.05, 0.1) is 6.04 Å². The van der Waals surface area contributed by atoms with Crippen molar-refractivity contribution in [3.8, 4) is 0 Å². The summed E-state index contributed by atoms with van der Waals surface area (Å²) in [6, 6.07) is 2.31. The van der Waals surface area contributed by atoms with Gasteiger partial charge in [-0.15, -0.1) is 0 Å². The standard InChI is InChI=1S/C13H22N4/c1-13(2,3)11-5-6-15-12(16-11)10-9-14-7-8-17(10)4/h5-6,10,14H,7-9H2,1-4H3. The zero-order valence-electron chi connectivity index (χ0n) is 11.2. The summed E-state index contributed by atoms with van der Waals surface area (Å²) in [7, 11) is 2.14. The van der Waals surface area contributed by atoms with Crippen LogP contribution in [0.2, 0.25) is 0 Å². The molecule has 0 radical (unpaired) electrons. The van der Waals surface area contributed by atoms with Crippen LogP contribution in [0, 0.1) is 0 Å². The fraction of sp³-hybridized carbons (Fsp3) is 0.692. The normalized spacial score (nSPS) is 22.7. The predicted molar refractivity (Wildman–Crippen MR) is 69.0 cm³/mol. The molecule has 1 aliphatic rings. The molecular formula is C13H22N4. The Balaban J connectivity index is 2.26. The second kappa shape index (κ2) is 4.70. The van der Waals surface area contributed by atoms with Gasteiger partial charge in [-0.2, -0.15) is 0 Å². The lowest BCUT2D eigenvalue weighted by atomic mass is 9.92. The van der Waals surface area contributed by atoms with Gasteiger partial charge >= 0.3 is 0 Å². The molecule has 0 aromatic carbocycles. The highest BCUT2D eigenvalue weighted by molar-refractivity contribution is 5.14. The van der Waals surface area contributed by atoms with Crippen molar-refractivity contribution >= 4 is 0 Å². The predicted octanol–water partition coefficient (Wildman–Crippen LogP) is 1.35. The maximum atomic E-state index is 4.73. The molecule has 2 heterocycles. The van der Waals surface area contributed by atoms with E-state index in [2.05, 4.69) is 43.0 Å². The molecule has 0 saturated carbocycles. The second-order valence-electron chi connectivity index (χ2n) is 5.75. The molecule has 4 heteroatoms. The highest BCUT2D eigenvalue weighted by atomic mass is 15.2. The minimum Gasteiger partial charge on any atom is -0.313 e. The fourth-order valence-corrected chi connectivity index (χ4v) is 2.05. The van der Waals surface area contributed by atoms with Crippen LogP contribution in [0.1, 0.15) is 38.3 Å². The van der Waals surface area contributed by atoms with Crippen molar-refractivity contribution in [2.45, 2.75) is 32.2 Å². The van der Waals surface area contributed by atoms with Gasteiger partial charge in [0, 0.05) is 36.9 Å². The third-order valence-corrected chi connectivity index (χ3v) is 3.25. The van der Waals surface area contributed by atoms with Crippen LogP contribution in [0.4, 0.5) is 0 Å². The first-order valence-electron chi connectivity index (χ1n) is 6.23. The van der Waals surface area contributed by atoms with Crippen LogP contribution >= 0.6 is 0 Å². The van der Waals surface area contributed by atoms with Gasteiger partial charge in [-0.25, -0.2) is 9.97 Å². The topological polar surface area (TPSA) is 41.0 Å². The zero-order chi connectivity index (χ0) is 12.5. The number of likely N-dealkylation sites (N-methyl/N-ethyl adjacent to an activating group) is 1. The Morgan fingerprint density at radius 2 is 2.18 bits per heavy atom. The van der Waals surface area contributed by atoms with Crippen molar-refractivity contribution in [2.75, 3.05) is 26.7 Å². The minimum atomic E-state index is 0.0817. The van der Waals surface area contributed by atoms with Crippen LogP contribution in [-0.2, 0) is 5.41 Å². The van der Waals surface area contributed by atoms with Crippen molar-refractivity contribution in [2.24, 2.45) is 0 Å². The van der Waals surface area contributed by atoms with Crippen molar-refractivity contribution < 1.29 is 0 Å². The third-order valence-electron chi connectivity index (χ3n) is 3.25. The van der Waals surface area contributed by atoms with Gasteiger partial charge in [-0.1, -0.05) is 20.8 Å². The Morgan fingerprint density at radius 1 is 1.41 bits per heavy atom. The lowest BCUT2D eigenvalue weighted by Gasteiger charge is -2.32. The molecule has 0 spiro atoms. The quantitative estimate of drug-likeness (QED) is 0.796. The summed E-state index contributed by atoms with van der Waals surface area (Å²) in [5, 5.41) is 3.40. The molecule has 1 aliphatic heterocycles. The molecule has 0 bridgehead atoms. The van der Waals surface area contributed by atoms with E-state index in [1.54, 1.807) is 0 Å². The fourth-order valence-electron chi connectivity index (χ4n) is 2.05.